The first-order valence-corrected chi connectivity index (χ1v) is 13.2. The molecule has 3 heterocycles. The Morgan fingerprint density at radius 1 is 1.19 bits per heavy atom. The molecule has 12 heteroatoms. The average molecular weight is 543 g/mol. The van der Waals surface area contributed by atoms with Gasteiger partial charge in [-0.3, -0.25) is 9.36 Å². The number of aromatic nitrogens is 4. The third kappa shape index (κ3) is 5.44. The molecule has 194 valence electrons. The second-order valence-corrected chi connectivity index (χ2v) is 10.5. The number of ether oxygens (including phenoxy) is 1. The minimum atomic E-state index is -0.261. The number of benzene rings is 1. The maximum absolute atomic E-state index is 11.8. The molecule has 3 aromatic rings. The molecule has 2 atom stereocenters. The highest BCUT2D eigenvalue weighted by atomic mass is 35.5. The molecular formula is C25H28Cl2N8O2. The molecule has 0 bridgehead atoms. The van der Waals surface area contributed by atoms with Crippen molar-refractivity contribution in [2.24, 2.45) is 11.7 Å². The molecule has 10 nitrogen and oxygen atoms in total. The van der Waals surface area contributed by atoms with Crippen LogP contribution < -0.4 is 16.4 Å². The summed E-state index contributed by atoms with van der Waals surface area (Å²) in [6.07, 6.45) is 6.50. The Bertz CT molecular complexity index is 1340. The van der Waals surface area contributed by atoms with E-state index < -0.39 is 0 Å². The zero-order valence-electron chi connectivity index (χ0n) is 20.4. The lowest BCUT2D eigenvalue weighted by Gasteiger charge is -2.29. The summed E-state index contributed by atoms with van der Waals surface area (Å²) in [4.78, 5) is 25.9. The van der Waals surface area contributed by atoms with Gasteiger partial charge in [-0.1, -0.05) is 23.2 Å². The summed E-state index contributed by atoms with van der Waals surface area (Å²) in [5, 5.41) is 16.6. The molecule has 1 saturated carbocycles. The number of hydrogen-bond acceptors (Lipinski definition) is 8. The normalized spacial score (nSPS) is 23.9. The molecule has 5 rings (SSSR count). The number of fused-ring (bicyclic) bond motifs is 1. The average Bonchev–Trinajstić information content (AvgIpc) is 3.23. The lowest BCUT2D eigenvalue weighted by atomic mass is 9.85. The van der Waals surface area contributed by atoms with Crippen LogP contribution in [-0.2, 0) is 9.53 Å². The SMILES string of the molecule is C[C@H]1C[C@@H](Nc2ncc3nc(Nc4c(Cl)cc(C#N)cc4Cl)n(C4CCC(C(N)=O)CC4)c3n2)CCO1. The van der Waals surface area contributed by atoms with Crippen LogP contribution in [0.25, 0.3) is 11.2 Å². The molecular weight excluding hydrogens is 515 g/mol. The Kier molecular flexibility index (Phi) is 7.38. The third-order valence-corrected chi connectivity index (χ3v) is 7.72. The van der Waals surface area contributed by atoms with Crippen molar-refractivity contribution in [3.8, 4) is 6.07 Å². The maximum atomic E-state index is 11.8. The second-order valence-electron chi connectivity index (χ2n) is 9.71. The van der Waals surface area contributed by atoms with E-state index in [1.807, 2.05) is 4.57 Å². The van der Waals surface area contributed by atoms with Gasteiger partial charge in [-0.25, -0.2) is 9.97 Å². The minimum Gasteiger partial charge on any atom is -0.378 e. The molecule has 0 spiro atoms. The number of nitrogens with one attached hydrogen (secondary N) is 2. The van der Waals surface area contributed by atoms with E-state index >= 15 is 0 Å². The largest absolute Gasteiger partial charge is 0.378 e. The van der Waals surface area contributed by atoms with Crippen LogP contribution in [0.1, 0.15) is 57.1 Å². The molecule has 0 radical (unpaired) electrons. The van der Waals surface area contributed by atoms with Crippen LogP contribution in [0.4, 0.5) is 17.6 Å². The number of hydrogen-bond donors (Lipinski definition) is 3. The van der Waals surface area contributed by atoms with Gasteiger partial charge in [0.1, 0.15) is 5.52 Å². The fourth-order valence-corrected chi connectivity index (χ4v) is 5.78. The van der Waals surface area contributed by atoms with Gasteiger partial charge in [-0.05, 0) is 57.6 Å². The highest BCUT2D eigenvalue weighted by Crippen LogP contribution is 2.39. The Morgan fingerprint density at radius 3 is 2.57 bits per heavy atom. The van der Waals surface area contributed by atoms with E-state index in [9.17, 15) is 10.1 Å². The molecule has 37 heavy (non-hydrogen) atoms. The van der Waals surface area contributed by atoms with Crippen LogP contribution in [0.2, 0.25) is 10.0 Å². The first-order chi connectivity index (χ1) is 17.8. The minimum absolute atomic E-state index is 0.0323. The molecule has 1 aliphatic heterocycles. The van der Waals surface area contributed by atoms with Crippen LogP contribution in [0, 0.1) is 17.2 Å². The number of primary amides is 1. The van der Waals surface area contributed by atoms with Crippen LogP contribution >= 0.6 is 23.2 Å². The van der Waals surface area contributed by atoms with Crippen molar-refractivity contribution >= 4 is 57.9 Å². The van der Waals surface area contributed by atoms with Crippen LogP contribution in [0.5, 0.6) is 0 Å². The molecule has 2 aromatic heterocycles. The molecule has 1 amide bonds. The number of imidazole rings is 1. The number of nitrogens with two attached hydrogens (primary N) is 1. The maximum Gasteiger partial charge on any atom is 0.224 e. The van der Waals surface area contributed by atoms with Gasteiger partial charge < -0.3 is 21.1 Å². The quantitative estimate of drug-likeness (QED) is 0.397. The second kappa shape index (κ2) is 10.7. The van der Waals surface area contributed by atoms with Gasteiger partial charge in [-0.15, -0.1) is 0 Å². The number of amides is 1. The van der Waals surface area contributed by atoms with Gasteiger partial charge in [0.15, 0.2) is 5.65 Å². The summed E-state index contributed by atoms with van der Waals surface area (Å²) in [6.45, 7) is 2.76. The fourth-order valence-electron chi connectivity index (χ4n) is 5.19. The predicted molar refractivity (Wildman–Crippen MR) is 142 cm³/mol. The van der Waals surface area contributed by atoms with Gasteiger partial charge in [-0.2, -0.15) is 10.2 Å². The third-order valence-electron chi connectivity index (χ3n) is 7.12. The summed E-state index contributed by atoms with van der Waals surface area (Å²) in [5.74, 6) is 0.645. The number of carbonyl (C=O) groups excluding carboxylic acids is 1. The highest BCUT2D eigenvalue weighted by molar-refractivity contribution is 6.39. The van der Waals surface area contributed by atoms with E-state index in [1.165, 1.54) is 0 Å². The monoisotopic (exact) mass is 542 g/mol. The van der Waals surface area contributed by atoms with Crippen molar-refractivity contribution < 1.29 is 9.53 Å². The molecule has 1 aromatic carbocycles. The van der Waals surface area contributed by atoms with E-state index in [1.54, 1.807) is 18.3 Å². The van der Waals surface area contributed by atoms with E-state index in [0.29, 0.717) is 63.8 Å². The Labute approximate surface area is 224 Å². The number of nitrogens with zero attached hydrogens (tertiary/aromatic N) is 5. The number of nitriles is 1. The summed E-state index contributed by atoms with van der Waals surface area (Å²) < 4.78 is 7.70. The van der Waals surface area contributed by atoms with Crippen LogP contribution in [0.3, 0.4) is 0 Å². The number of anilines is 3. The van der Waals surface area contributed by atoms with Gasteiger partial charge in [0.25, 0.3) is 0 Å². The standard InChI is InChI=1S/C25H28Cl2N8O2/c1-13-8-16(6-7-37-13)31-24-30-12-20-23(34-24)35(17-4-2-15(3-5-17)22(29)36)25(32-20)33-21-18(26)9-14(11-28)10-19(21)27/h9-10,12-13,15-17H,2-8H2,1H3,(H2,29,36)(H,32,33)(H,30,31,34)/t13-,15?,16-,17?/m0/s1. The van der Waals surface area contributed by atoms with Crippen molar-refractivity contribution in [1.29, 1.82) is 5.26 Å². The molecule has 2 aliphatic rings. The topological polar surface area (TPSA) is 144 Å². The summed E-state index contributed by atoms with van der Waals surface area (Å²) in [5.41, 5.74) is 7.67. The van der Waals surface area contributed by atoms with Crippen LogP contribution in [-0.4, -0.2) is 44.2 Å². The Hall–Kier alpha value is -3.13. The predicted octanol–water partition coefficient (Wildman–Crippen LogP) is 4.94. The Morgan fingerprint density at radius 2 is 1.92 bits per heavy atom. The van der Waals surface area contributed by atoms with Crippen molar-refractivity contribution in [2.75, 3.05) is 17.2 Å². The van der Waals surface area contributed by atoms with Crippen molar-refractivity contribution in [3.05, 3.63) is 33.9 Å². The van der Waals surface area contributed by atoms with E-state index in [2.05, 4.69) is 28.6 Å². The zero-order valence-corrected chi connectivity index (χ0v) is 21.9. The van der Waals surface area contributed by atoms with E-state index in [4.69, 9.17) is 43.6 Å². The lowest BCUT2D eigenvalue weighted by Crippen LogP contribution is -2.33. The molecule has 0 unspecified atom stereocenters. The van der Waals surface area contributed by atoms with Gasteiger partial charge in [0.05, 0.1) is 39.7 Å². The van der Waals surface area contributed by atoms with Gasteiger partial charge >= 0.3 is 0 Å². The van der Waals surface area contributed by atoms with Gasteiger partial charge in [0.2, 0.25) is 17.8 Å². The van der Waals surface area contributed by atoms with Crippen molar-refractivity contribution in [1.82, 2.24) is 19.5 Å². The summed E-state index contributed by atoms with van der Waals surface area (Å²) >= 11 is 12.9. The molecule has 2 fully saturated rings. The molecule has 4 N–H and O–H groups in total. The number of rotatable bonds is 6. The lowest BCUT2D eigenvalue weighted by molar-refractivity contribution is -0.122. The van der Waals surface area contributed by atoms with Crippen molar-refractivity contribution in [3.63, 3.8) is 0 Å². The molecule has 1 aliphatic carbocycles. The van der Waals surface area contributed by atoms with Gasteiger partial charge in [0, 0.05) is 24.6 Å². The highest BCUT2D eigenvalue weighted by Gasteiger charge is 2.30. The van der Waals surface area contributed by atoms with Crippen LogP contribution in [0.15, 0.2) is 18.3 Å². The van der Waals surface area contributed by atoms with Crippen molar-refractivity contribution in [2.45, 2.75) is 63.6 Å². The smallest absolute Gasteiger partial charge is 0.224 e. The number of carbonyl (C=O) groups is 1. The van der Waals surface area contributed by atoms with E-state index in [0.717, 1.165) is 25.7 Å². The first-order valence-electron chi connectivity index (χ1n) is 12.4. The Balaban J connectivity index is 1.52. The number of halogens is 2. The molecule has 1 saturated heterocycles. The fraction of sp³-hybridized carbons (Fsp3) is 0.480. The summed E-state index contributed by atoms with van der Waals surface area (Å²) in [7, 11) is 0. The summed E-state index contributed by atoms with van der Waals surface area (Å²) in [6, 6.07) is 5.41. The van der Waals surface area contributed by atoms with E-state index in [-0.39, 0.29) is 30.0 Å². The zero-order chi connectivity index (χ0) is 26.1. The first kappa shape index (κ1) is 25.5.